The van der Waals surface area contributed by atoms with Crippen molar-refractivity contribution in [2.45, 2.75) is 12.0 Å². The summed E-state index contributed by atoms with van der Waals surface area (Å²) in [6.07, 6.45) is -0.420. The van der Waals surface area contributed by atoms with Crippen LogP contribution in [0.2, 0.25) is 5.02 Å². The van der Waals surface area contributed by atoms with Gasteiger partial charge < -0.3 is 4.74 Å². The van der Waals surface area contributed by atoms with E-state index in [2.05, 4.69) is 24.8 Å². The van der Waals surface area contributed by atoms with Crippen LogP contribution < -0.4 is 0 Å². The minimum atomic E-state index is -0.420. The number of esters is 1. The number of fused-ring (bicyclic) bond motifs is 1. The normalized spacial score (nSPS) is 20.9. The van der Waals surface area contributed by atoms with Gasteiger partial charge in [-0.15, -0.1) is 11.3 Å². The molecule has 4 heteroatoms. The fourth-order valence-corrected chi connectivity index (χ4v) is 4.46. The average molecular weight is 341 g/mol. The van der Waals surface area contributed by atoms with Crippen LogP contribution in [0.1, 0.15) is 22.5 Å². The fraction of sp³-hybridized carbons (Fsp3) is 0.105. The lowest BCUT2D eigenvalue weighted by atomic mass is 9.90. The van der Waals surface area contributed by atoms with E-state index in [4.69, 9.17) is 16.3 Å². The van der Waals surface area contributed by atoms with Gasteiger partial charge in [0.25, 0.3) is 0 Å². The second-order valence-electron chi connectivity index (χ2n) is 5.54. The summed E-state index contributed by atoms with van der Waals surface area (Å²) in [7, 11) is 0. The minimum Gasteiger partial charge on any atom is -0.453 e. The Kier molecular flexibility index (Phi) is 3.47. The number of carbonyl (C=O) groups excluding carboxylic acids is 1. The first kappa shape index (κ1) is 14.5. The van der Waals surface area contributed by atoms with Crippen LogP contribution in [0, 0.1) is 0 Å². The maximum Gasteiger partial charge on any atom is 0.334 e. The van der Waals surface area contributed by atoms with E-state index >= 15 is 0 Å². The van der Waals surface area contributed by atoms with Crippen molar-refractivity contribution in [3.63, 3.8) is 0 Å². The van der Waals surface area contributed by atoms with Crippen molar-refractivity contribution in [1.29, 1.82) is 0 Å². The van der Waals surface area contributed by atoms with E-state index in [1.807, 2.05) is 36.4 Å². The Labute approximate surface area is 143 Å². The molecule has 1 aliphatic heterocycles. The van der Waals surface area contributed by atoms with Gasteiger partial charge in [-0.1, -0.05) is 54.6 Å². The molecule has 0 spiro atoms. The highest BCUT2D eigenvalue weighted by molar-refractivity contribution is 7.19. The molecule has 4 rings (SSSR count). The summed E-state index contributed by atoms with van der Waals surface area (Å²) in [6, 6.07) is 17.8. The molecule has 114 valence electrons. The maximum atomic E-state index is 12.1. The number of rotatable bonds is 2. The number of hydrogen-bond donors (Lipinski definition) is 0. The van der Waals surface area contributed by atoms with Gasteiger partial charge in [-0.3, -0.25) is 0 Å². The Balaban J connectivity index is 1.84. The summed E-state index contributed by atoms with van der Waals surface area (Å²) in [6.45, 7) is 3.96. The van der Waals surface area contributed by atoms with Crippen molar-refractivity contribution in [2.24, 2.45) is 0 Å². The van der Waals surface area contributed by atoms with Gasteiger partial charge in [0.15, 0.2) is 0 Å². The molecule has 2 atom stereocenters. The van der Waals surface area contributed by atoms with Gasteiger partial charge in [-0.05, 0) is 23.6 Å². The third-order valence-corrected chi connectivity index (χ3v) is 5.68. The van der Waals surface area contributed by atoms with Crippen LogP contribution in [-0.2, 0) is 9.53 Å². The lowest BCUT2D eigenvalue weighted by molar-refractivity contribution is -0.139. The number of cyclic esters (lactones) is 1. The van der Waals surface area contributed by atoms with Crippen molar-refractivity contribution in [1.82, 2.24) is 0 Å². The molecule has 2 nitrogen and oxygen atoms in total. The maximum absolute atomic E-state index is 12.1. The van der Waals surface area contributed by atoms with E-state index in [0.717, 1.165) is 15.8 Å². The molecule has 1 aliphatic rings. The van der Waals surface area contributed by atoms with Crippen molar-refractivity contribution in [3.05, 3.63) is 82.2 Å². The van der Waals surface area contributed by atoms with Gasteiger partial charge in [-0.2, -0.15) is 0 Å². The number of thiophene rings is 1. The van der Waals surface area contributed by atoms with E-state index in [1.54, 1.807) is 11.3 Å². The zero-order valence-electron chi connectivity index (χ0n) is 12.2. The zero-order valence-corrected chi connectivity index (χ0v) is 13.7. The van der Waals surface area contributed by atoms with E-state index in [1.165, 1.54) is 4.70 Å². The Bertz CT molecular complexity index is 895. The van der Waals surface area contributed by atoms with Gasteiger partial charge in [0.2, 0.25) is 0 Å². The molecule has 2 aromatic carbocycles. The molecular weight excluding hydrogens is 328 g/mol. The first-order valence-corrected chi connectivity index (χ1v) is 8.47. The molecule has 3 aromatic rings. The van der Waals surface area contributed by atoms with Gasteiger partial charge in [0.05, 0.1) is 5.92 Å². The number of carbonyl (C=O) groups is 1. The molecule has 0 radical (unpaired) electrons. The monoisotopic (exact) mass is 340 g/mol. The van der Waals surface area contributed by atoms with Crippen molar-refractivity contribution in [2.75, 3.05) is 0 Å². The van der Waals surface area contributed by atoms with E-state index in [0.29, 0.717) is 10.6 Å². The molecule has 2 heterocycles. The van der Waals surface area contributed by atoms with Crippen molar-refractivity contribution < 1.29 is 9.53 Å². The van der Waals surface area contributed by atoms with Crippen molar-refractivity contribution >= 4 is 39.0 Å². The molecule has 0 aliphatic carbocycles. The lowest BCUT2D eigenvalue weighted by Crippen LogP contribution is -2.06. The Morgan fingerprint density at radius 2 is 1.83 bits per heavy atom. The van der Waals surface area contributed by atoms with E-state index < -0.39 is 6.10 Å². The Hall–Kier alpha value is -2.10. The van der Waals surface area contributed by atoms with Crippen LogP contribution in [0.25, 0.3) is 10.1 Å². The molecule has 0 saturated carbocycles. The van der Waals surface area contributed by atoms with Gasteiger partial charge in [0.1, 0.15) is 6.10 Å². The second kappa shape index (κ2) is 5.52. The zero-order chi connectivity index (χ0) is 16.0. The molecule has 23 heavy (non-hydrogen) atoms. The van der Waals surface area contributed by atoms with E-state index in [9.17, 15) is 4.79 Å². The van der Waals surface area contributed by atoms with E-state index in [-0.39, 0.29) is 11.9 Å². The largest absolute Gasteiger partial charge is 0.453 e. The first-order valence-electron chi connectivity index (χ1n) is 7.28. The summed E-state index contributed by atoms with van der Waals surface area (Å²) in [4.78, 5) is 13.2. The molecule has 0 amide bonds. The number of benzene rings is 2. The number of hydrogen-bond acceptors (Lipinski definition) is 3. The third-order valence-electron chi connectivity index (χ3n) is 4.14. The Morgan fingerprint density at radius 1 is 1.09 bits per heavy atom. The van der Waals surface area contributed by atoms with Gasteiger partial charge in [0, 0.05) is 25.7 Å². The summed E-state index contributed by atoms with van der Waals surface area (Å²) < 4.78 is 6.77. The average Bonchev–Trinajstić information content (AvgIpc) is 3.09. The fourth-order valence-electron chi connectivity index (χ4n) is 2.99. The predicted octanol–water partition coefficient (Wildman–Crippen LogP) is 5.49. The summed E-state index contributed by atoms with van der Waals surface area (Å²) in [5, 5.41) is 1.77. The molecular formula is C19H13ClO2S. The smallest absolute Gasteiger partial charge is 0.334 e. The second-order valence-corrected chi connectivity index (χ2v) is 7.06. The lowest BCUT2D eigenvalue weighted by Gasteiger charge is -2.18. The van der Waals surface area contributed by atoms with Crippen LogP contribution in [0.4, 0.5) is 0 Å². The number of halogens is 1. The van der Waals surface area contributed by atoms with Gasteiger partial charge in [-0.25, -0.2) is 4.79 Å². The highest BCUT2D eigenvalue weighted by Gasteiger charge is 2.42. The van der Waals surface area contributed by atoms with Crippen LogP contribution in [0.15, 0.2) is 66.7 Å². The van der Waals surface area contributed by atoms with Crippen LogP contribution >= 0.6 is 22.9 Å². The first-order chi connectivity index (χ1) is 11.1. The predicted molar refractivity (Wildman–Crippen MR) is 94.0 cm³/mol. The molecule has 1 saturated heterocycles. The SMILES string of the molecule is C=C1C(=O)OC(c2ccccc2Cl)C1c1cc2ccccc2s1. The topological polar surface area (TPSA) is 26.3 Å². The molecule has 1 fully saturated rings. The number of ether oxygens (including phenoxy) is 1. The summed E-state index contributed by atoms with van der Waals surface area (Å²) in [5.41, 5.74) is 1.31. The van der Waals surface area contributed by atoms with Gasteiger partial charge >= 0.3 is 5.97 Å². The minimum absolute atomic E-state index is 0.195. The Morgan fingerprint density at radius 3 is 2.61 bits per heavy atom. The molecule has 0 bridgehead atoms. The van der Waals surface area contributed by atoms with Crippen molar-refractivity contribution in [3.8, 4) is 0 Å². The van der Waals surface area contributed by atoms with Crippen LogP contribution in [0.5, 0.6) is 0 Å². The van der Waals surface area contributed by atoms with Crippen LogP contribution in [0.3, 0.4) is 0 Å². The molecule has 0 N–H and O–H groups in total. The molecule has 2 unspecified atom stereocenters. The summed E-state index contributed by atoms with van der Waals surface area (Å²) in [5.74, 6) is -0.544. The van der Waals surface area contributed by atoms with Crippen LogP contribution in [-0.4, -0.2) is 5.97 Å². The standard InChI is InChI=1S/C19H13ClO2S/c1-11-17(16-10-12-6-2-5-9-15(12)23-16)18(22-19(11)21)13-7-3-4-8-14(13)20/h2-10,17-18H,1H2. The highest BCUT2D eigenvalue weighted by atomic mass is 35.5. The molecule has 1 aromatic heterocycles. The highest BCUT2D eigenvalue weighted by Crippen LogP contribution is 2.49. The summed E-state index contributed by atoms with van der Waals surface area (Å²) >= 11 is 7.98. The third kappa shape index (κ3) is 2.37. The quantitative estimate of drug-likeness (QED) is 0.455.